The van der Waals surface area contributed by atoms with Crippen LogP contribution in [0.1, 0.15) is 39.4 Å². The molecular formula is C21H25N3O11. The fourth-order valence-electron chi connectivity index (χ4n) is 3.22. The lowest BCUT2D eigenvalue weighted by Crippen LogP contribution is -2.40. The van der Waals surface area contributed by atoms with Crippen LogP contribution in [0.15, 0.2) is 17.1 Å². The second-order valence-electron chi connectivity index (χ2n) is 7.30. The molecular weight excluding hydrogens is 470 g/mol. The molecule has 0 radical (unpaired) electrons. The fraction of sp³-hybridized carbons (Fsp3) is 0.476. The Kier molecular flexibility index (Phi) is 9.22. The third-order valence-electron chi connectivity index (χ3n) is 4.51. The van der Waals surface area contributed by atoms with E-state index in [-0.39, 0.29) is 18.1 Å². The zero-order valence-electron chi connectivity index (χ0n) is 19.6. The Morgan fingerprint density at radius 2 is 1.69 bits per heavy atom. The van der Waals surface area contributed by atoms with Crippen LogP contribution in [-0.2, 0) is 47.7 Å². The second-order valence-corrected chi connectivity index (χ2v) is 7.30. The van der Waals surface area contributed by atoms with Crippen LogP contribution in [0.4, 0.5) is 5.95 Å². The van der Waals surface area contributed by atoms with E-state index in [4.69, 9.17) is 18.9 Å². The van der Waals surface area contributed by atoms with Crippen molar-refractivity contribution in [2.45, 2.75) is 52.1 Å². The van der Waals surface area contributed by atoms with Gasteiger partial charge in [-0.1, -0.05) is 0 Å². The first-order valence-corrected chi connectivity index (χ1v) is 10.2. The molecule has 1 aromatic heterocycles. The van der Waals surface area contributed by atoms with Gasteiger partial charge in [-0.3, -0.25) is 33.9 Å². The molecule has 1 aliphatic heterocycles. The molecule has 0 saturated carbocycles. The lowest BCUT2D eigenvalue weighted by molar-refractivity contribution is -0.165. The lowest BCUT2D eigenvalue weighted by Gasteiger charge is -2.23. The molecule has 35 heavy (non-hydrogen) atoms. The topological polar surface area (TPSA) is 178 Å². The first-order valence-electron chi connectivity index (χ1n) is 10.2. The third kappa shape index (κ3) is 7.46. The summed E-state index contributed by atoms with van der Waals surface area (Å²) in [4.78, 5) is 74.6. The SMILES string of the molecule is COC(=O)/C=C/n1cc([C@@H]2O[C@H](COC(C)=O)[C@H](OC(C)=O)C2OC(C)=O)c(=O)nc1NC(C)=O. The molecule has 4 atom stereocenters. The van der Waals surface area contributed by atoms with Gasteiger partial charge in [0.05, 0.1) is 12.7 Å². The van der Waals surface area contributed by atoms with Gasteiger partial charge in [-0.15, -0.1) is 0 Å². The average molecular weight is 495 g/mol. The summed E-state index contributed by atoms with van der Waals surface area (Å²) in [5.41, 5.74) is -1.03. The van der Waals surface area contributed by atoms with Gasteiger partial charge in [0.1, 0.15) is 18.8 Å². The van der Waals surface area contributed by atoms with Crippen LogP contribution < -0.4 is 10.9 Å². The van der Waals surface area contributed by atoms with Crippen LogP contribution in [0.2, 0.25) is 0 Å². The summed E-state index contributed by atoms with van der Waals surface area (Å²) in [7, 11) is 1.16. The molecule has 0 spiro atoms. The molecule has 2 heterocycles. The summed E-state index contributed by atoms with van der Waals surface area (Å²) in [6, 6.07) is 0. The van der Waals surface area contributed by atoms with Crippen LogP contribution in [0, 0.1) is 0 Å². The molecule has 0 bridgehead atoms. The number of aromatic nitrogens is 2. The number of esters is 4. The van der Waals surface area contributed by atoms with E-state index in [1.165, 1.54) is 19.3 Å². The van der Waals surface area contributed by atoms with Gasteiger partial charge >= 0.3 is 23.9 Å². The molecule has 1 N–H and O–H groups in total. The van der Waals surface area contributed by atoms with E-state index >= 15 is 0 Å². The highest BCUT2D eigenvalue weighted by Crippen LogP contribution is 2.36. The summed E-state index contributed by atoms with van der Waals surface area (Å²) in [5.74, 6) is -3.63. The van der Waals surface area contributed by atoms with Crippen LogP contribution in [0.25, 0.3) is 6.20 Å². The van der Waals surface area contributed by atoms with Crippen LogP contribution in [0.3, 0.4) is 0 Å². The van der Waals surface area contributed by atoms with Crippen molar-refractivity contribution in [3.05, 3.63) is 28.2 Å². The van der Waals surface area contributed by atoms with Crippen molar-refractivity contribution >= 4 is 41.9 Å². The van der Waals surface area contributed by atoms with Crippen LogP contribution >= 0.6 is 0 Å². The predicted octanol–water partition coefficient (Wildman–Crippen LogP) is -0.288. The first kappa shape index (κ1) is 27.2. The minimum atomic E-state index is -1.31. The standard InChI is InChI=1S/C21H25N3O11/c1-10(25)22-21-23-20(30)14(8-24(21)7-6-16(29)31-5)17-19(34-13(4)28)18(33-12(3)27)15(35-17)9-32-11(2)26/h6-8,15,17-19H,9H2,1-5H3,(H,22,23,25,30)/b7-6+/t15-,17+,18+,19?/m1/s1. The Labute approximate surface area is 199 Å². The number of carbonyl (C=O) groups is 5. The molecule has 1 aromatic rings. The highest BCUT2D eigenvalue weighted by Gasteiger charge is 2.51. The molecule has 14 heteroatoms. The normalized spacial score (nSPS) is 21.3. The number of nitrogens with one attached hydrogen (secondary N) is 1. The molecule has 0 aromatic carbocycles. The van der Waals surface area contributed by atoms with Gasteiger partial charge in [-0.05, 0) is 0 Å². The molecule has 14 nitrogen and oxygen atoms in total. The van der Waals surface area contributed by atoms with E-state index < -0.39 is 59.8 Å². The van der Waals surface area contributed by atoms with Gasteiger partial charge in [0.2, 0.25) is 11.9 Å². The van der Waals surface area contributed by atoms with Gasteiger partial charge in [0.25, 0.3) is 5.56 Å². The van der Waals surface area contributed by atoms with Crippen molar-refractivity contribution in [1.29, 1.82) is 0 Å². The number of hydrogen-bond donors (Lipinski definition) is 1. The summed E-state index contributed by atoms with van der Waals surface area (Å²) >= 11 is 0. The molecule has 2 rings (SSSR count). The Bertz CT molecular complexity index is 1090. The van der Waals surface area contributed by atoms with Crippen molar-refractivity contribution in [3.63, 3.8) is 0 Å². The van der Waals surface area contributed by atoms with Crippen molar-refractivity contribution in [2.75, 3.05) is 19.0 Å². The third-order valence-corrected chi connectivity index (χ3v) is 4.51. The maximum Gasteiger partial charge on any atom is 0.331 e. The Morgan fingerprint density at radius 3 is 2.23 bits per heavy atom. The zero-order valence-corrected chi connectivity index (χ0v) is 19.6. The largest absolute Gasteiger partial charge is 0.466 e. The number of anilines is 1. The van der Waals surface area contributed by atoms with Gasteiger partial charge in [0, 0.05) is 46.2 Å². The fourth-order valence-corrected chi connectivity index (χ4v) is 3.22. The molecule has 1 saturated heterocycles. The lowest BCUT2D eigenvalue weighted by atomic mass is 10.0. The number of ether oxygens (including phenoxy) is 5. The Morgan fingerprint density at radius 1 is 1.06 bits per heavy atom. The highest BCUT2D eigenvalue weighted by atomic mass is 16.6. The maximum absolute atomic E-state index is 12.9. The van der Waals surface area contributed by atoms with E-state index in [9.17, 15) is 28.8 Å². The number of methoxy groups -OCH3 is 1. The number of nitrogens with zero attached hydrogens (tertiary/aromatic N) is 2. The predicted molar refractivity (Wildman–Crippen MR) is 116 cm³/mol. The van der Waals surface area contributed by atoms with Crippen molar-refractivity contribution in [2.24, 2.45) is 0 Å². The smallest absolute Gasteiger partial charge is 0.331 e. The van der Waals surface area contributed by atoms with Crippen LogP contribution in [-0.4, -0.2) is 71.4 Å². The Hall–Kier alpha value is -4.07. The molecule has 1 fully saturated rings. The number of hydrogen-bond acceptors (Lipinski definition) is 12. The van der Waals surface area contributed by atoms with Gasteiger partial charge in [0.15, 0.2) is 12.2 Å². The monoisotopic (exact) mass is 495 g/mol. The zero-order chi connectivity index (χ0) is 26.3. The first-order chi connectivity index (χ1) is 16.4. The van der Waals surface area contributed by atoms with Crippen LogP contribution in [0.5, 0.6) is 0 Å². The van der Waals surface area contributed by atoms with E-state index in [1.54, 1.807) is 0 Å². The molecule has 1 aliphatic rings. The summed E-state index contributed by atoms with van der Waals surface area (Å²) < 4.78 is 27.1. The summed E-state index contributed by atoms with van der Waals surface area (Å²) in [6.07, 6.45) is -1.57. The second kappa shape index (κ2) is 11.9. The van der Waals surface area contributed by atoms with Gasteiger partial charge in [-0.2, -0.15) is 4.98 Å². The van der Waals surface area contributed by atoms with Gasteiger partial charge in [-0.25, -0.2) is 4.79 Å². The number of amides is 1. The van der Waals surface area contributed by atoms with Crippen molar-refractivity contribution < 1.29 is 47.7 Å². The minimum Gasteiger partial charge on any atom is -0.466 e. The minimum absolute atomic E-state index is 0.164. The number of carbonyl (C=O) groups excluding carboxylic acids is 5. The molecule has 190 valence electrons. The Balaban J connectivity index is 2.60. The van der Waals surface area contributed by atoms with E-state index in [2.05, 4.69) is 15.0 Å². The summed E-state index contributed by atoms with van der Waals surface area (Å²) in [5, 5.41) is 2.35. The van der Waals surface area contributed by atoms with Crippen molar-refractivity contribution in [1.82, 2.24) is 9.55 Å². The molecule has 0 aliphatic carbocycles. The highest BCUT2D eigenvalue weighted by molar-refractivity contribution is 5.88. The quantitative estimate of drug-likeness (QED) is 0.283. The number of rotatable bonds is 8. The summed E-state index contributed by atoms with van der Waals surface area (Å²) in [6.45, 7) is 4.21. The van der Waals surface area contributed by atoms with Crippen molar-refractivity contribution in [3.8, 4) is 0 Å². The van der Waals surface area contributed by atoms with Gasteiger partial charge < -0.3 is 23.7 Å². The van der Waals surface area contributed by atoms with E-state index in [0.717, 1.165) is 38.5 Å². The molecule has 1 amide bonds. The maximum atomic E-state index is 12.9. The average Bonchev–Trinajstić information content (AvgIpc) is 3.06. The molecule has 1 unspecified atom stereocenters. The van der Waals surface area contributed by atoms with E-state index in [0.29, 0.717) is 0 Å². The van der Waals surface area contributed by atoms with E-state index in [1.807, 2.05) is 0 Å².